The summed E-state index contributed by atoms with van der Waals surface area (Å²) in [6.45, 7) is 4.49. The smallest absolute Gasteiger partial charge is 0.216 e. The highest BCUT2D eigenvalue weighted by Crippen LogP contribution is 2.41. The molecule has 0 amide bonds. The molecule has 1 aromatic carbocycles. The number of nitrogens with zero attached hydrogens (tertiary/aromatic N) is 1. The topological polar surface area (TPSA) is 58.6 Å². The van der Waals surface area contributed by atoms with Crippen molar-refractivity contribution >= 4 is 21.8 Å². The van der Waals surface area contributed by atoms with E-state index < -0.39 is 10.0 Å². The molecule has 1 aromatic rings. The third kappa shape index (κ3) is 2.40. The third-order valence-corrected chi connectivity index (χ3v) is 6.37. The summed E-state index contributed by atoms with van der Waals surface area (Å²) in [5.74, 6) is 0.937. The van der Waals surface area contributed by atoms with Crippen LogP contribution in [0.4, 0.5) is 5.69 Å². The van der Waals surface area contributed by atoms with Gasteiger partial charge in [-0.05, 0) is 43.0 Å². The minimum atomic E-state index is -3.22. The molecular weight excluding hydrogens is 300 g/mol. The molecule has 0 radical (unpaired) electrons. The van der Waals surface area contributed by atoms with Gasteiger partial charge in [-0.25, -0.2) is 8.42 Å². The largest absolute Gasteiger partial charge is 0.495 e. The van der Waals surface area contributed by atoms with E-state index in [-0.39, 0.29) is 11.9 Å². The summed E-state index contributed by atoms with van der Waals surface area (Å²) >= 11 is 0. The summed E-state index contributed by atoms with van der Waals surface area (Å²) in [4.78, 5) is 0. The highest BCUT2D eigenvalue weighted by Gasteiger charge is 2.39. The maximum atomic E-state index is 12.4. The summed E-state index contributed by atoms with van der Waals surface area (Å²) in [7, 11) is -1.59. The van der Waals surface area contributed by atoms with E-state index in [9.17, 15) is 8.42 Å². The van der Waals surface area contributed by atoms with Gasteiger partial charge in [0, 0.05) is 12.1 Å². The van der Waals surface area contributed by atoms with Crippen LogP contribution in [0, 0.1) is 6.92 Å². The third-order valence-electron chi connectivity index (χ3n) is 4.34. The number of hydrogen-bond donors (Lipinski definition) is 1. The molecule has 5 nitrogen and oxygen atoms in total. The van der Waals surface area contributed by atoms with E-state index in [0.29, 0.717) is 13.0 Å². The molecule has 1 N–H and O–H groups in total. The van der Waals surface area contributed by atoms with Crippen LogP contribution in [0.1, 0.15) is 30.9 Å². The molecule has 6 heteroatoms. The number of anilines is 1. The minimum Gasteiger partial charge on any atom is -0.495 e. The van der Waals surface area contributed by atoms with Crippen molar-refractivity contribution < 1.29 is 13.2 Å². The van der Waals surface area contributed by atoms with Gasteiger partial charge in [0.25, 0.3) is 0 Å². The van der Waals surface area contributed by atoms with Crippen LogP contribution in [0.5, 0.6) is 5.75 Å². The fourth-order valence-electron chi connectivity index (χ4n) is 3.21. The first kappa shape index (κ1) is 15.4. The Balaban J connectivity index is 2.02. The average Bonchev–Trinajstić information content (AvgIpc) is 2.90. The number of methoxy groups -OCH3 is 1. The molecule has 0 spiro atoms. The molecule has 2 aliphatic heterocycles. The van der Waals surface area contributed by atoms with Gasteiger partial charge in [0.2, 0.25) is 10.0 Å². The highest BCUT2D eigenvalue weighted by molar-refractivity contribution is 7.89. The number of hydrogen-bond acceptors (Lipinski definition) is 4. The van der Waals surface area contributed by atoms with Crippen LogP contribution < -0.4 is 10.1 Å². The zero-order chi connectivity index (χ0) is 15.9. The van der Waals surface area contributed by atoms with E-state index in [0.717, 1.165) is 34.6 Å². The fraction of sp³-hybridized carbons (Fsp3) is 0.500. The van der Waals surface area contributed by atoms with Crippen LogP contribution in [0.25, 0.3) is 6.08 Å². The lowest BCUT2D eigenvalue weighted by Gasteiger charge is -2.31. The maximum Gasteiger partial charge on any atom is 0.216 e. The van der Waals surface area contributed by atoms with Crippen molar-refractivity contribution in [2.45, 2.75) is 32.9 Å². The second kappa shape index (κ2) is 5.59. The van der Waals surface area contributed by atoms with Gasteiger partial charge in [0.15, 0.2) is 0 Å². The van der Waals surface area contributed by atoms with Crippen LogP contribution in [0.2, 0.25) is 0 Å². The van der Waals surface area contributed by atoms with E-state index in [1.54, 1.807) is 11.4 Å². The first-order chi connectivity index (χ1) is 10.5. The number of rotatable bonds is 4. The number of sulfonamides is 1. The van der Waals surface area contributed by atoms with Crippen LogP contribution in [-0.2, 0) is 10.0 Å². The van der Waals surface area contributed by atoms with Gasteiger partial charge in [-0.2, -0.15) is 4.31 Å². The lowest BCUT2D eigenvalue weighted by atomic mass is 9.97. The van der Waals surface area contributed by atoms with E-state index in [1.807, 2.05) is 19.1 Å². The maximum absolute atomic E-state index is 12.4. The fourth-order valence-corrected chi connectivity index (χ4v) is 4.84. The molecule has 0 aromatic heterocycles. The average molecular weight is 322 g/mol. The molecule has 2 aliphatic rings. The quantitative estimate of drug-likeness (QED) is 0.925. The highest BCUT2D eigenvalue weighted by atomic mass is 32.2. The van der Waals surface area contributed by atoms with Gasteiger partial charge in [-0.1, -0.05) is 13.0 Å². The number of ether oxygens (including phenoxy) is 1. The van der Waals surface area contributed by atoms with Crippen LogP contribution in [-0.4, -0.2) is 38.3 Å². The molecule has 1 atom stereocenters. The predicted molar refractivity (Wildman–Crippen MR) is 88.5 cm³/mol. The Kier molecular flexibility index (Phi) is 3.91. The standard InChI is InChI=1S/C16H22N2O3S/c1-4-9-22(19,20)18-8-7-12-10-13-11(2)5-6-14(21-3)15(13)17-16(12)18/h5-6,10,16-17H,4,7-9H2,1-3H3. The monoisotopic (exact) mass is 322 g/mol. The molecule has 0 saturated carbocycles. The number of fused-ring (bicyclic) bond motifs is 2. The Morgan fingerprint density at radius 2 is 2.18 bits per heavy atom. The summed E-state index contributed by atoms with van der Waals surface area (Å²) < 4.78 is 31.9. The SMILES string of the molecule is CCCS(=O)(=O)N1CCC2=Cc3c(C)ccc(OC)c3NC21. The summed E-state index contributed by atoms with van der Waals surface area (Å²) in [6, 6.07) is 3.94. The normalized spacial score (nSPS) is 20.9. The van der Waals surface area contributed by atoms with Crippen molar-refractivity contribution in [3.8, 4) is 5.75 Å². The summed E-state index contributed by atoms with van der Waals surface area (Å²) in [5, 5.41) is 3.39. The zero-order valence-corrected chi connectivity index (χ0v) is 14.0. The number of nitrogens with one attached hydrogen (secondary N) is 1. The van der Waals surface area contributed by atoms with Gasteiger partial charge in [-0.3, -0.25) is 0 Å². The Morgan fingerprint density at radius 1 is 1.41 bits per heavy atom. The lowest BCUT2D eigenvalue weighted by Crippen LogP contribution is -2.43. The van der Waals surface area contributed by atoms with E-state index in [1.165, 1.54) is 0 Å². The van der Waals surface area contributed by atoms with Gasteiger partial charge in [0.05, 0.1) is 18.6 Å². The van der Waals surface area contributed by atoms with Crippen molar-refractivity contribution in [3.63, 3.8) is 0 Å². The molecule has 3 rings (SSSR count). The molecule has 2 heterocycles. The molecule has 1 unspecified atom stereocenters. The van der Waals surface area contributed by atoms with Crippen molar-refractivity contribution in [1.82, 2.24) is 4.31 Å². The predicted octanol–water partition coefficient (Wildman–Crippen LogP) is 2.58. The minimum absolute atomic E-state index is 0.191. The Bertz CT molecular complexity index is 725. The molecule has 1 fully saturated rings. The van der Waals surface area contributed by atoms with Gasteiger partial charge < -0.3 is 10.1 Å². The van der Waals surface area contributed by atoms with Gasteiger partial charge in [-0.15, -0.1) is 0 Å². The Labute approximate surface area is 132 Å². The van der Waals surface area contributed by atoms with E-state index in [4.69, 9.17) is 4.74 Å². The first-order valence-electron chi connectivity index (χ1n) is 7.62. The lowest BCUT2D eigenvalue weighted by molar-refractivity contribution is 0.408. The molecule has 22 heavy (non-hydrogen) atoms. The Hall–Kier alpha value is -1.53. The van der Waals surface area contributed by atoms with Crippen LogP contribution in [0.3, 0.4) is 0 Å². The van der Waals surface area contributed by atoms with Gasteiger partial charge >= 0.3 is 0 Å². The second-order valence-corrected chi connectivity index (χ2v) is 7.86. The van der Waals surface area contributed by atoms with Gasteiger partial charge in [0.1, 0.15) is 11.9 Å². The number of aryl methyl sites for hydroxylation is 1. The van der Waals surface area contributed by atoms with Crippen LogP contribution >= 0.6 is 0 Å². The molecule has 120 valence electrons. The van der Waals surface area contributed by atoms with Crippen molar-refractivity contribution in [3.05, 3.63) is 28.8 Å². The van der Waals surface area contributed by atoms with Crippen molar-refractivity contribution in [1.29, 1.82) is 0 Å². The van der Waals surface area contributed by atoms with Crippen LogP contribution in [0.15, 0.2) is 17.7 Å². The second-order valence-electron chi connectivity index (χ2n) is 5.82. The summed E-state index contributed by atoms with van der Waals surface area (Å²) in [5.41, 5.74) is 4.27. The molecule has 0 aliphatic carbocycles. The Morgan fingerprint density at radius 3 is 2.86 bits per heavy atom. The number of benzene rings is 1. The zero-order valence-electron chi connectivity index (χ0n) is 13.2. The molecular formula is C16H22N2O3S. The van der Waals surface area contributed by atoms with Crippen molar-refractivity contribution in [2.24, 2.45) is 0 Å². The van der Waals surface area contributed by atoms with E-state index in [2.05, 4.69) is 18.3 Å². The first-order valence-corrected chi connectivity index (χ1v) is 9.23. The summed E-state index contributed by atoms with van der Waals surface area (Å²) in [6.07, 6.45) is 3.25. The molecule has 0 bridgehead atoms. The van der Waals surface area contributed by atoms with E-state index >= 15 is 0 Å². The molecule has 1 saturated heterocycles. The van der Waals surface area contributed by atoms with Crippen molar-refractivity contribution in [2.75, 3.05) is 24.7 Å².